The van der Waals surface area contributed by atoms with Gasteiger partial charge < -0.3 is 5.32 Å². The van der Waals surface area contributed by atoms with Crippen molar-refractivity contribution in [2.75, 3.05) is 13.1 Å². The molecule has 1 aromatic rings. The number of nitrogens with one attached hydrogen (secondary N) is 1. The largest absolute Gasteiger partial charge is 0.316 e. The van der Waals surface area contributed by atoms with Crippen molar-refractivity contribution in [2.45, 2.75) is 39.7 Å². The molecule has 86 valence electrons. The van der Waals surface area contributed by atoms with Gasteiger partial charge in [0.1, 0.15) is 12.7 Å². The van der Waals surface area contributed by atoms with Crippen LogP contribution in [0.3, 0.4) is 0 Å². The van der Waals surface area contributed by atoms with Gasteiger partial charge in [0, 0.05) is 0 Å². The van der Waals surface area contributed by atoms with Crippen molar-refractivity contribution >= 4 is 0 Å². The lowest BCUT2D eigenvalue weighted by molar-refractivity contribution is 0.432. The van der Waals surface area contributed by atoms with Crippen LogP contribution in [-0.4, -0.2) is 27.9 Å². The summed E-state index contributed by atoms with van der Waals surface area (Å²) >= 11 is 0. The average Bonchev–Trinajstić information content (AvgIpc) is 2.69. The van der Waals surface area contributed by atoms with Crippen molar-refractivity contribution in [1.29, 1.82) is 0 Å². The molecule has 0 fully saturated rings. The Labute approximate surface area is 92.1 Å². The molecule has 1 N–H and O–H groups in total. The number of aromatic nitrogens is 3. The highest BCUT2D eigenvalue weighted by Crippen LogP contribution is 2.09. The molecule has 0 amide bonds. The fourth-order valence-electron chi connectivity index (χ4n) is 1.49. The van der Waals surface area contributed by atoms with Gasteiger partial charge in [-0.2, -0.15) is 5.10 Å². The van der Waals surface area contributed by atoms with Crippen LogP contribution in [0.2, 0.25) is 0 Å². The van der Waals surface area contributed by atoms with Crippen LogP contribution in [0.25, 0.3) is 0 Å². The van der Waals surface area contributed by atoms with Crippen LogP contribution in [0.5, 0.6) is 0 Å². The highest BCUT2D eigenvalue weighted by Gasteiger charge is 2.03. The van der Waals surface area contributed by atoms with E-state index in [4.69, 9.17) is 0 Å². The molecule has 0 aliphatic carbocycles. The molecule has 1 atom stereocenters. The normalized spacial score (nSPS) is 13.3. The average molecular weight is 210 g/mol. The lowest BCUT2D eigenvalue weighted by Gasteiger charge is -2.12. The monoisotopic (exact) mass is 210 g/mol. The van der Waals surface area contributed by atoms with E-state index in [0.29, 0.717) is 6.04 Å². The third kappa shape index (κ3) is 4.93. The van der Waals surface area contributed by atoms with Gasteiger partial charge in [-0.05, 0) is 38.8 Å². The van der Waals surface area contributed by atoms with Crippen LogP contribution < -0.4 is 5.32 Å². The van der Waals surface area contributed by atoms with E-state index in [1.165, 1.54) is 6.42 Å². The van der Waals surface area contributed by atoms with E-state index in [-0.39, 0.29) is 0 Å². The second-order valence-electron chi connectivity index (χ2n) is 4.46. The van der Waals surface area contributed by atoms with Gasteiger partial charge in [0.25, 0.3) is 0 Å². The summed E-state index contributed by atoms with van der Waals surface area (Å²) in [6.07, 6.45) is 5.71. The highest BCUT2D eigenvalue weighted by molar-refractivity contribution is 4.65. The molecule has 0 saturated heterocycles. The summed E-state index contributed by atoms with van der Waals surface area (Å²) in [6.45, 7) is 8.84. The molecule has 1 rings (SSSR count). The predicted molar refractivity (Wildman–Crippen MR) is 61.7 cm³/mol. The Bertz CT molecular complexity index is 243. The molecule has 1 aromatic heterocycles. The second kappa shape index (κ2) is 6.56. The van der Waals surface area contributed by atoms with E-state index in [2.05, 4.69) is 36.2 Å². The van der Waals surface area contributed by atoms with Crippen molar-refractivity contribution in [3.8, 4) is 0 Å². The summed E-state index contributed by atoms with van der Waals surface area (Å²) in [7, 11) is 0. The first kappa shape index (κ1) is 12.2. The van der Waals surface area contributed by atoms with Crippen molar-refractivity contribution in [1.82, 2.24) is 20.1 Å². The zero-order chi connectivity index (χ0) is 11.1. The standard InChI is InChI=1S/C11H22N4/c1-10(2)7-12-6-4-5-11(3)15-9-13-8-14-15/h8-12H,4-7H2,1-3H3. The van der Waals surface area contributed by atoms with Gasteiger partial charge >= 0.3 is 0 Å². The van der Waals surface area contributed by atoms with Gasteiger partial charge in [-0.1, -0.05) is 13.8 Å². The zero-order valence-electron chi connectivity index (χ0n) is 9.98. The molecule has 4 heteroatoms. The van der Waals surface area contributed by atoms with E-state index in [0.717, 1.165) is 25.4 Å². The molecule has 0 bridgehead atoms. The molecule has 15 heavy (non-hydrogen) atoms. The number of nitrogens with zero attached hydrogens (tertiary/aromatic N) is 3. The molecule has 0 aromatic carbocycles. The maximum atomic E-state index is 4.13. The summed E-state index contributed by atoms with van der Waals surface area (Å²) < 4.78 is 1.92. The van der Waals surface area contributed by atoms with Crippen LogP contribution in [0, 0.1) is 5.92 Å². The topological polar surface area (TPSA) is 42.7 Å². The third-order valence-electron chi connectivity index (χ3n) is 2.42. The van der Waals surface area contributed by atoms with Gasteiger partial charge in [0.05, 0.1) is 6.04 Å². The van der Waals surface area contributed by atoms with E-state index in [9.17, 15) is 0 Å². The zero-order valence-corrected chi connectivity index (χ0v) is 9.98. The molecule has 4 nitrogen and oxygen atoms in total. The molecule has 1 unspecified atom stereocenters. The first-order valence-corrected chi connectivity index (χ1v) is 5.75. The van der Waals surface area contributed by atoms with Gasteiger partial charge in [-0.15, -0.1) is 0 Å². The molecule has 1 heterocycles. The first-order chi connectivity index (χ1) is 7.20. The third-order valence-corrected chi connectivity index (χ3v) is 2.42. The highest BCUT2D eigenvalue weighted by atomic mass is 15.3. The lowest BCUT2D eigenvalue weighted by Crippen LogP contribution is -2.21. The Hall–Kier alpha value is -0.900. The predicted octanol–water partition coefficient (Wildman–Crippen LogP) is 1.86. The minimum atomic E-state index is 0.452. The minimum absolute atomic E-state index is 0.452. The minimum Gasteiger partial charge on any atom is -0.316 e. The van der Waals surface area contributed by atoms with Gasteiger partial charge in [0.2, 0.25) is 0 Å². The molecular formula is C11H22N4. The van der Waals surface area contributed by atoms with Crippen LogP contribution in [-0.2, 0) is 0 Å². The number of hydrogen-bond donors (Lipinski definition) is 1. The molecule has 0 radical (unpaired) electrons. The summed E-state index contributed by atoms with van der Waals surface area (Å²) in [5.41, 5.74) is 0. The summed E-state index contributed by atoms with van der Waals surface area (Å²) in [5, 5.41) is 7.57. The Kier molecular flexibility index (Phi) is 5.32. The number of rotatable bonds is 7. The van der Waals surface area contributed by atoms with Crippen molar-refractivity contribution in [3.63, 3.8) is 0 Å². The molecule has 0 aliphatic heterocycles. The Balaban J connectivity index is 2.05. The quantitative estimate of drug-likeness (QED) is 0.699. The summed E-state index contributed by atoms with van der Waals surface area (Å²) in [5.74, 6) is 0.734. The molecular weight excluding hydrogens is 188 g/mol. The van der Waals surface area contributed by atoms with Crippen LogP contribution in [0.1, 0.15) is 39.7 Å². The van der Waals surface area contributed by atoms with Gasteiger partial charge in [-0.3, -0.25) is 4.68 Å². The van der Waals surface area contributed by atoms with E-state index < -0.39 is 0 Å². The van der Waals surface area contributed by atoms with Gasteiger partial charge in [-0.25, -0.2) is 4.98 Å². The fraction of sp³-hybridized carbons (Fsp3) is 0.818. The van der Waals surface area contributed by atoms with E-state index in [1.54, 1.807) is 12.7 Å². The maximum Gasteiger partial charge on any atom is 0.137 e. The Morgan fingerprint density at radius 3 is 2.73 bits per heavy atom. The lowest BCUT2D eigenvalue weighted by atomic mass is 10.2. The van der Waals surface area contributed by atoms with Crippen molar-refractivity contribution in [2.24, 2.45) is 5.92 Å². The summed E-state index contributed by atoms with van der Waals surface area (Å²) in [4.78, 5) is 3.95. The van der Waals surface area contributed by atoms with Crippen LogP contribution >= 0.6 is 0 Å². The van der Waals surface area contributed by atoms with Crippen molar-refractivity contribution < 1.29 is 0 Å². The number of hydrogen-bond acceptors (Lipinski definition) is 3. The fourth-order valence-corrected chi connectivity index (χ4v) is 1.49. The molecule has 0 saturated carbocycles. The molecule has 0 spiro atoms. The van der Waals surface area contributed by atoms with Crippen LogP contribution in [0.4, 0.5) is 0 Å². The Morgan fingerprint density at radius 2 is 2.13 bits per heavy atom. The van der Waals surface area contributed by atoms with E-state index in [1.807, 2.05) is 4.68 Å². The summed E-state index contributed by atoms with van der Waals surface area (Å²) in [6, 6.07) is 0.452. The SMILES string of the molecule is CC(C)CNCCCC(C)n1cncn1. The Morgan fingerprint density at radius 1 is 1.33 bits per heavy atom. The molecule has 0 aliphatic rings. The second-order valence-corrected chi connectivity index (χ2v) is 4.46. The smallest absolute Gasteiger partial charge is 0.137 e. The first-order valence-electron chi connectivity index (χ1n) is 5.75. The van der Waals surface area contributed by atoms with Crippen molar-refractivity contribution in [3.05, 3.63) is 12.7 Å². The maximum absolute atomic E-state index is 4.13. The van der Waals surface area contributed by atoms with Gasteiger partial charge in [0.15, 0.2) is 0 Å². The van der Waals surface area contributed by atoms with Crippen LogP contribution in [0.15, 0.2) is 12.7 Å². The van der Waals surface area contributed by atoms with E-state index >= 15 is 0 Å².